The normalized spacial score (nSPS) is 10.2. The van der Waals surface area contributed by atoms with Crippen LogP contribution in [0.5, 0.6) is 5.75 Å². The monoisotopic (exact) mass is 303 g/mol. The van der Waals surface area contributed by atoms with Gasteiger partial charge in [-0.15, -0.1) is 0 Å². The van der Waals surface area contributed by atoms with Crippen LogP contribution in [-0.2, 0) is 6.54 Å². The minimum atomic E-state index is -1.52. The number of benzene rings is 2. The highest BCUT2D eigenvalue weighted by Gasteiger charge is 2.13. The van der Waals surface area contributed by atoms with Gasteiger partial charge in [0.05, 0.1) is 12.7 Å². The molecule has 114 valence electrons. The molecule has 0 unspecified atom stereocenters. The van der Waals surface area contributed by atoms with E-state index in [9.17, 15) is 9.18 Å². The molecule has 0 saturated heterocycles. The molecular formula is C15H15BFNO4. The Morgan fingerprint density at radius 1 is 1.23 bits per heavy atom. The van der Waals surface area contributed by atoms with E-state index in [-0.39, 0.29) is 23.8 Å². The van der Waals surface area contributed by atoms with Crippen molar-refractivity contribution in [3.05, 3.63) is 59.4 Å². The van der Waals surface area contributed by atoms with Gasteiger partial charge in [-0.2, -0.15) is 0 Å². The molecule has 2 rings (SSSR count). The van der Waals surface area contributed by atoms with E-state index in [1.807, 2.05) is 0 Å². The molecule has 0 heterocycles. The third-order valence-electron chi connectivity index (χ3n) is 3.14. The standard InChI is InChI=1S/C15H15BFNO4/c1-22-14-8-12(17)6-7-13(14)15(19)18-9-10-2-4-11(5-3-10)16(20)21/h2-8,20-21H,9H2,1H3,(H,18,19). The molecule has 0 atom stereocenters. The fourth-order valence-corrected chi connectivity index (χ4v) is 1.94. The molecule has 0 aliphatic heterocycles. The van der Waals surface area contributed by atoms with E-state index in [1.54, 1.807) is 24.3 Å². The molecule has 0 saturated carbocycles. The Bertz CT molecular complexity index is 661. The Balaban J connectivity index is 2.03. The summed E-state index contributed by atoms with van der Waals surface area (Å²) >= 11 is 0. The maximum absolute atomic E-state index is 13.1. The molecule has 22 heavy (non-hydrogen) atoms. The van der Waals surface area contributed by atoms with Crippen molar-refractivity contribution in [1.82, 2.24) is 5.32 Å². The molecule has 0 aliphatic carbocycles. The van der Waals surface area contributed by atoms with E-state index in [4.69, 9.17) is 14.8 Å². The lowest BCUT2D eigenvalue weighted by molar-refractivity contribution is 0.0948. The van der Waals surface area contributed by atoms with Gasteiger partial charge in [0.15, 0.2) is 0 Å². The zero-order valence-corrected chi connectivity index (χ0v) is 11.9. The second-order valence-electron chi connectivity index (χ2n) is 4.64. The number of hydrogen-bond donors (Lipinski definition) is 3. The van der Waals surface area contributed by atoms with Crippen LogP contribution in [0.25, 0.3) is 0 Å². The van der Waals surface area contributed by atoms with Crippen LogP contribution in [0, 0.1) is 5.82 Å². The van der Waals surface area contributed by atoms with Gasteiger partial charge in [0.1, 0.15) is 11.6 Å². The first-order valence-electron chi connectivity index (χ1n) is 6.58. The topological polar surface area (TPSA) is 78.8 Å². The highest BCUT2D eigenvalue weighted by atomic mass is 19.1. The first-order valence-corrected chi connectivity index (χ1v) is 6.58. The summed E-state index contributed by atoms with van der Waals surface area (Å²) in [5.74, 6) is -0.703. The summed E-state index contributed by atoms with van der Waals surface area (Å²) < 4.78 is 18.1. The summed E-state index contributed by atoms with van der Waals surface area (Å²) in [6.07, 6.45) is 0. The molecule has 2 aromatic carbocycles. The number of amides is 1. The zero-order valence-electron chi connectivity index (χ0n) is 11.9. The largest absolute Gasteiger partial charge is 0.496 e. The third kappa shape index (κ3) is 3.84. The Labute approximate surface area is 127 Å². The van der Waals surface area contributed by atoms with Gasteiger partial charge in [-0.05, 0) is 23.2 Å². The minimum absolute atomic E-state index is 0.163. The van der Waals surface area contributed by atoms with E-state index < -0.39 is 12.9 Å². The minimum Gasteiger partial charge on any atom is -0.496 e. The maximum atomic E-state index is 13.1. The summed E-state index contributed by atoms with van der Waals surface area (Å²) in [6.45, 7) is 0.251. The average molecular weight is 303 g/mol. The lowest BCUT2D eigenvalue weighted by Crippen LogP contribution is -2.30. The summed E-state index contributed by atoms with van der Waals surface area (Å²) in [5, 5.41) is 20.7. The maximum Gasteiger partial charge on any atom is 0.488 e. The zero-order chi connectivity index (χ0) is 16.1. The van der Waals surface area contributed by atoms with Crippen LogP contribution in [0.3, 0.4) is 0 Å². The molecule has 0 fully saturated rings. The predicted octanol–water partition coefficient (Wildman–Crippen LogP) is 0.444. The molecule has 0 spiro atoms. The summed E-state index contributed by atoms with van der Waals surface area (Å²) in [4.78, 5) is 12.1. The van der Waals surface area contributed by atoms with Crippen LogP contribution in [-0.4, -0.2) is 30.2 Å². The summed E-state index contributed by atoms with van der Waals surface area (Å²) in [6, 6.07) is 10.2. The van der Waals surface area contributed by atoms with Crippen molar-refractivity contribution in [3.8, 4) is 5.75 Å². The second kappa shape index (κ2) is 7.06. The SMILES string of the molecule is COc1cc(F)ccc1C(=O)NCc1ccc(B(O)O)cc1. The predicted molar refractivity (Wildman–Crippen MR) is 80.4 cm³/mol. The molecule has 1 amide bonds. The van der Waals surface area contributed by atoms with Crippen LogP contribution in [0.15, 0.2) is 42.5 Å². The van der Waals surface area contributed by atoms with Gasteiger partial charge in [0.25, 0.3) is 5.91 Å². The number of carbonyl (C=O) groups is 1. The van der Waals surface area contributed by atoms with Gasteiger partial charge >= 0.3 is 7.12 Å². The smallest absolute Gasteiger partial charge is 0.488 e. The highest BCUT2D eigenvalue weighted by molar-refractivity contribution is 6.58. The van der Waals surface area contributed by atoms with Crippen molar-refractivity contribution in [2.24, 2.45) is 0 Å². The van der Waals surface area contributed by atoms with Crippen molar-refractivity contribution in [2.75, 3.05) is 7.11 Å². The van der Waals surface area contributed by atoms with Gasteiger partial charge in [0.2, 0.25) is 0 Å². The van der Waals surface area contributed by atoms with Crippen LogP contribution < -0.4 is 15.5 Å². The van der Waals surface area contributed by atoms with Crippen molar-refractivity contribution >= 4 is 18.5 Å². The lowest BCUT2D eigenvalue weighted by Gasteiger charge is -2.10. The van der Waals surface area contributed by atoms with E-state index >= 15 is 0 Å². The Morgan fingerprint density at radius 3 is 2.50 bits per heavy atom. The van der Waals surface area contributed by atoms with E-state index in [0.29, 0.717) is 5.46 Å². The second-order valence-corrected chi connectivity index (χ2v) is 4.64. The van der Waals surface area contributed by atoms with E-state index in [0.717, 1.165) is 11.6 Å². The number of methoxy groups -OCH3 is 1. The van der Waals surface area contributed by atoms with Crippen molar-refractivity contribution in [3.63, 3.8) is 0 Å². The number of halogens is 1. The molecule has 2 aromatic rings. The Morgan fingerprint density at radius 2 is 1.91 bits per heavy atom. The Kier molecular flexibility index (Phi) is 5.14. The molecule has 0 aromatic heterocycles. The van der Waals surface area contributed by atoms with Crippen LogP contribution in [0.4, 0.5) is 4.39 Å². The number of rotatable bonds is 5. The van der Waals surface area contributed by atoms with Crippen LogP contribution in [0.2, 0.25) is 0 Å². The first kappa shape index (κ1) is 16.0. The average Bonchev–Trinajstić information content (AvgIpc) is 2.52. The highest BCUT2D eigenvalue weighted by Crippen LogP contribution is 2.19. The molecule has 0 radical (unpaired) electrons. The Hall–Kier alpha value is -2.38. The first-order chi connectivity index (χ1) is 10.5. The van der Waals surface area contributed by atoms with Crippen molar-refractivity contribution in [2.45, 2.75) is 6.54 Å². The number of hydrogen-bond acceptors (Lipinski definition) is 4. The van der Waals surface area contributed by atoms with Gasteiger partial charge in [-0.3, -0.25) is 4.79 Å². The van der Waals surface area contributed by atoms with E-state index in [1.165, 1.54) is 19.2 Å². The summed E-state index contributed by atoms with van der Waals surface area (Å²) in [7, 11) is -0.156. The van der Waals surface area contributed by atoms with Gasteiger partial charge in [-0.1, -0.05) is 24.3 Å². The molecule has 3 N–H and O–H groups in total. The van der Waals surface area contributed by atoms with Gasteiger partial charge in [-0.25, -0.2) is 4.39 Å². The number of nitrogens with one attached hydrogen (secondary N) is 1. The molecule has 0 aliphatic rings. The quantitative estimate of drug-likeness (QED) is 0.701. The molecular weight excluding hydrogens is 288 g/mol. The number of carbonyl (C=O) groups excluding carboxylic acids is 1. The van der Waals surface area contributed by atoms with Crippen molar-refractivity contribution < 1.29 is 24.0 Å². The number of ether oxygens (including phenoxy) is 1. The van der Waals surface area contributed by atoms with Gasteiger partial charge in [0, 0.05) is 12.6 Å². The van der Waals surface area contributed by atoms with E-state index in [2.05, 4.69) is 5.32 Å². The summed E-state index contributed by atoms with van der Waals surface area (Å²) in [5.41, 5.74) is 1.40. The van der Waals surface area contributed by atoms with Crippen LogP contribution in [0.1, 0.15) is 15.9 Å². The fourth-order valence-electron chi connectivity index (χ4n) is 1.94. The van der Waals surface area contributed by atoms with Gasteiger partial charge < -0.3 is 20.1 Å². The molecule has 5 nitrogen and oxygen atoms in total. The third-order valence-corrected chi connectivity index (χ3v) is 3.14. The van der Waals surface area contributed by atoms with Crippen molar-refractivity contribution in [1.29, 1.82) is 0 Å². The molecule has 7 heteroatoms. The lowest BCUT2D eigenvalue weighted by atomic mass is 9.80. The van der Waals surface area contributed by atoms with Crippen LogP contribution >= 0.6 is 0 Å². The fraction of sp³-hybridized carbons (Fsp3) is 0.133. The molecule has 0 bridgehead atoms.